The summed E-state index contributed by atoms with van der Waals surface area (Å²) in [4.78, 5) is 12.4. The highest BCUT2D eigenvalue weighted by atomic mass is 35.5. The summed E-state index contributed by atoms with van der Waals surface area (Å²) >= 11 is 0. The molecule has 0 saturated heterocycles. The Hall–Kier alpha value is -0.540. The molecule has 0 atom stereocenters. The van der Waals surface area contributed by atoms with Gasteiger partial charge < -0.3 is 10.0 Å². The molecule has 0 aromatic heterocycles. The van der Waals surface area contributed by atoms with Crippen molar-refractivity contribution in [3.05, 3.63) is 12.2 Å². The predicted octanol–water partition coefficient (Wildman–Crippen LogP) is 3.20. The van der Waals surface area contributed by atoms with Gasteiger partial charge in [-0.2, -0.15) is 0 Å². The van der Waals surface area contributed by atoms with Crippen LogP contribution in [0, 0.1) is 0 Å². The van der Waals surface area contributed by atoms with Crippen molar-refractivity contribution in [1.29, 1.82) is 0 Å². The van der Waals surface area contributed by atoms with Crippen LogP contribution in [0.3, 0.4) is 0 Å². The number of nitrogens with zero attached hydrogens (tertiary/aromatic N) is 1. The fraction of sp³-hybridized carbons (Fsp3) is 0.750. The maximum atomic E-state index is 9.99. The van der Waals surface area contributed by atoms with E-state index in [0.29, 0.717) is 12.0 Å². The molecule has 1 N–H and O–H groups in total. The summed E-state index contributed by atoms with van der Waals surface area (Å²) in [6.45, 7) is 15.4. The van der Waals surface area contributed by atoms with Gasteiger partial charge in [-0.15, -0.1) is 12.4 Å². The zero-order chi connectivity index (χ0) is 12.3. The van der Waals surface area contributed by atoms with Crippen molar-refractivity contribution in [2.24, 2.45) is 0 Å². The van der Waals surface area contributed by atoms with E-state index in [2.05, 4.69) is 32.3 Å². The van der Waals surface area contributed by atoms with Gasteiger partial charge in [0.2, 0.25) is 0 Å². The number of carboxylic acids is 1. The van der Waals surface area contributed by atoms with Gasteiger partial charge in [-0.1, -0.05) is 40.7 Å². The summed E-state index contributed by atoms with van der Waals surface area (Å²) in [5.74, 6) is -0.883. The van der Waals surface area contributed by atoms with Gasteiger partial charge in [0.05, 0.1) is 0 Å². The van der Waals surface area contributed by atoms with Crippen molar-refractivity contribution < 1.29 is 9.90 Å². The van der Waals surface area contributed by atoms with Crippen LogP contribution in [0.4, 0.5) is 0 Å². The van der Waals surface area contributed by atoms with Crippen LogP contribution in [0.5, 0.6) is 0 Å². The van der Waals surface area contributed by atoms with Crippen LogP contribution in [0.1, 0.15) is 40.5 Å². The summed E-state index contributed by atoms with van der Waals surface area (Å²) < 4.78 is 0. The number of carbonyl (C=O) groups is 1. The maximum Gasteiger partial charge on any atom is 0.330 e. The lowest BCUT2D eigenvalue weighted by atomic mass is 10.2. The molecule has 0 radical (unpaired) electrons. The summed E-state index contributed by atoms with van der Waals surface area (Å²) in [5, 5.41) is 8.21. The van der Waals surface area contributed by atoms with E-state index >= 15 is 0 Å². The topological polar surface area (TPSA) is 40.5 Å². The highest BCUT2D eigenvalue weighted by molar-refractivity contribution is 5.85. The number of halogens is 1. The van der Waals surface area contributed by atoms with Gasteiger partial charge in [0.1, 0.15) is 0 Å². The molecule has 16 heavy (non-hydrogen) atoms. The average molecular weight is 252 g/mol. The predicted molar refractivity (Wildman–Crippen MR) is 72.4 cm³/mol. The molecule has 0 aromatic rings. The first kappa shape index (κ1) is 20.8. The Morgan fingerprint density at radius 3 is 1.56 bits per heavy atom. The Morgan fingerprint density at radius 2 is 1.50 bits per heavy atom. The van der Waals surface area contributed by atoms with Gasteiger partial charge in [-0.25, -0.2) is 4.79 Å². The molecule has 0 amide bonds. The second kappa shape index (κ2) is 14.5. The van der Waals surface area contributed by atoms with Gasteiger partial charge in [-0.05, 0) is 26.1 Å². The van der Waals surface area contributed by atoms with Gasteiger partial charge in [0.25, 0.3) is 0 Å². The molecule has 98 valence electrons. The SMILES string of the molecule is C=C(CCC)C(=O)O.CCN(CC)CC.Cl. The van der Waals surface area contributed by atoms with Crippen molar-refractivity contribution >= 4 is 18.4 Å². The number of aliphatic carboxylic acids is 1. The number of hydrogen-bond donors (Lipinski definition) is 1. The van der Waals surface area contributed by atoms with E-state index in [0.717, 1.165) is 6.42 Å². The van der Waals surface area contributed by atoms with Crippen LogP contribution in [-0.4, -0.2) is 35.6 Å². The minimum atomic E-state index is -0.883. The molecule has 0 aliphatic heterocycles. The third kappa shape index (κ3) is 13.5. The average Bonchev–Trinajstić information content (AvgIpc) is 2.21. The lowest BCUT2D eigenvalue weighted by Gasteiger charge is -2.13. The Bertz CT molecular complexity index is 174. The zero-order valence-electron chi connectivity index (χ0n) is 11.0. The first-order chi connectivity index (χ1) is 7.03. The fourth-order valence-electron chi connectivity index (χ4n) is 1.08. The highest BCUT2D eigenvalue weighted by Crippen LogP contribution is 1.99. The van der Waals surface area contributed by atoms with Gasteiger partial charge in [-0.3, -0.25) is 0 Å². The lowest BCUT2D eigenvalue weighted by molar-refractivity contribution is -0.132. The molecule has 0 aliphatic carbocycles. The molecule has 0 fully saturated rings. The molecule has 0 saturated carbocycles. The van der Waals surface area contributed by atoms with Gasteiger partial charge in [0, 0.05) is 5.57 Å². The Labute approximate surface area is 106 Å². The van der Waals surface area contributed by atoms with E-state index in [1.54, 1.807) is 0 Å². The second-order valence-electron chi connectivity index (χ2n) is 3.28. The molecule has 0 aliphatic rings. The summed E-state index contributed by atoms with van der Waals surface area (Å²) in [5.41, 5.74) is 0.299. The van der Waals surface area contributed by atoms with E-state index in [4.69, 9.17) is 5.11 Å². The highest BCUT2D eigenvalue weighted by Gasteiger charge is 1.99. The Morgan fingerprint density at radius 1 is 1.12 bits per heavy atom. The fourth-order valence-corrected chi connectivity index (χ4v) is 1.08. The van der Waals surface area contributed by atoms with E-state index in [-0.39, 0.29) is 12.4 Å². The van der Waals surface area contributed by atoms with Gasteiger partial charge >= 0.3 is 5.97 Å². The molecule has 0 rings (SSSR count). The first-order valence-corrected chi connectivity index (χ1v) is 5.66. The number of hydrogen-bond acceptors (Lipinski definition) is 2. The normalized spacial score (nSPS) is 8.81. The van der Waals surface area contributed by atoms with Crippen molar-refractivity contribution in [2.45, 2.75) is 40.5 Å². The van der Waals surface area contributed by atoms with Crippen molar-refractivity contribution in [2.75, 3.05) is 19.6 Å². The second-order valence-corrected chi connectivity index (χ2v) is 3.28. The van der Waals surface area contributed by atoms with Crippen molar-refractivity contribution in [3.8, 4) is 0 Å². The molecular formula is C12H26ClNO2. The molecule has 4 heteroatoms. The van der Waals surface area contributed by atoms with E-state index in [9.17, 15) is 4.79 Å². The monoisotopic (exact) mass is 251 g/mol. The molecule has 0 aromatic carbocycles. The van der Waals surface area contributed by atoms with Crippen LogP contribution < -0.4 is 0 Å². The molecule has 0 unspecified atom stereocenters. The Kier molecular flexibility index (Phi) is 18.8. The number of rotatable bonds is 6. The summed E-state index contributed by atoms with van der Waals surface area (Å²) in [6.07, 6.45) is 1.44. The summed E-state index contributed by atoms with van der Waals surface area (Å²) in [7, 11) is 0. The largest absolute Gasteiger partial charge is 0.478 e. The zero-order valence-corrected chi connectivity index (χ0v) is 11.8. The van der Waals surface area contributed by atoms with Crippen molar-refractivity contribution in [1.82, 2.24) is 4.90 Å². The molecule has 0 heterocycles. The minimum absolute atomic E-state index is 0. The Balaban J connectivity index is -0.000000200. The number of carboxylic acid groups (broad SMARTS) is 1. The van der Waals surface area contributed by atoms with Crippen LogP contribution in [0.25, 0.3) is 0 Å². The first-order valence-electron chi connectivity index (χ1n) is 5.66. The molecule has 0 bridgehead atoms. The van der Waals surface area contributed by atoms with Crippen LogP contribution in [-0.2, 0) is 4.79 Å². The minimum Gasteiger partial charge on any atom is -0.478 e. The molecule has 0 spiro atoms. The maximum absolute atomic E-state index is 9.99. The van der Waals surface area contributed by atoms with Gasteiger partial charge in [0.15, 0.2) is 0 Å². The van der Waals surface area contributed by atoms with Crippen molar-refractivity contribution in [3.63, 3.8) is 0 Å². The molecule has 3 nitrogen and oxygen atoms in total. The third-order valence-electron chi connectivity index (χ3n) is 2.20. The van der Waals surface area contributed by atoms with E-state index in [1.807, 2.05) is 6.92 Å². The van der Waals surface area contributed by atoms with Crippen LogP contribution >= 0.6 is 12.4 Å². The smallest absolute Gasteiger partial charge is 0.330 e. The van der Waals surface area contributed by atoms with Crippen LogP contribution in [0.2, 0.25) is 0 Å². The molecular weight excluding hydrogens is 226 g/mol. The van der Waals surface area contributed by atoms with E-state index < -0.39 is 5.97 Å². The third-order valence-corrected chi connectivity index (χ3v) is 2.20. The van der Waals surface area contributed by atoms with Crippen LogP contribution in [0.15, 0.2) is 12.2 Å². The summed E-state index contributed by atoms with van der Waals surface area (Å²) in [6, 6.07) is 0. The lowest BCUT2D eigenvalue weighted by Crippen LogP contribution is -2.21. The van der Waals surface area contributed by atoms with E-state index in [1.165, 1.54) is 19.6 Å². The quantitative estimate of drug-likeness (QED) is 0.737. The standard InChI is InChI=1S/C6H15N.C6H10O2.ClH/c1-4-7(5-2)6-3;1-3-4-5(2)6(7)8;/h4-6H2,1-3H3;2-4H2,1H3,(H,7,8);1H.